The van der Waals surface area contributed by atoms with Crippen LogP contribution in [0.2, 0.25) is 5.02 Å². The highest BCUT2D eigenvalue weighted by atomic mass is 35.5. The first-order valence-corrected chi connectivity index (χ1v) is 14.8. The van der Waals surface area contributed by atoms with Crippen molar-refractivity contribution in [2.75, 3.05) is 5.32 Å². The summed E-state index contributed by atoms with van der Waals surface area (Å²) in [6.45, 7) is 10.1. The van der Waals surface area contributed by atoms with Crippen LogP contribution in [-0.2, 0) is 21.6 Å². The highest BCUT2D eigenvalue weighted by Gasteiger charge is 2.47. The van der Waals surface area contributed by atoms with Crippen LogP contribution in [0.3, 0.4) is 0 Å². The van der Waals surface area contributed by atoms with Crippen molar-refractivity contribution in [1.29, 1.82) is 0 Å². The van der Waals surface area contributed by atoms with E-state index in [2.05, 4.69) is 10.3 Å². The van der Waals surface area contributed by atoms with Gasteiger partial charge in [0, 0.05) is 23.9 Å². The first-order chi connectivity index (χ1) is 18.7. The van der Waals surface area contributed by atoms with Gasteiger partial charge in [-0.15, -0.1) is 0 Å². The maximum Gasteiger partial charge on any atom is 0.417 e. The third-order valence-electron chi connectivity index (χ3n) is 7.55. The number of allylic oxidation sites excluding steroid dienone is 1. The SMILES string of the molecule is C[C@@H]1CC(C)(C)Oc2ccc(NC(=O)c3ncc(C(F)(F)F)cc3Cl)cc2[C@](C)(C2=CC2)N=C(N)C(C)(C)S1(=O)=O. The van der Waals surface area contributed by atoms with E-state index in [4.69, 9.17) is 27.1 Å². The lowest BCUT2D eigenvalue weighted by Gasteiger charge is -2.33. The standard InChI is InChI=1S/C28H32ClF3N4O4S/c1-15-13-25(2,3)40-21-10-9-18(35-23(37)22-20(29)11-17(14-34-22)28(30,31)32)12-19(21)27(6,16-7-8-16)36-24(33)26(4,5)41(15,38)39/h7,9-12,14-15H,8,13H2,1-6H3,(H2,33,36)(H,35,37)/t15-,27+/m1/s1. The monoisotopic (exact) mass is 612 g/mol. The molecule has 1 aromatic heterocycles. The van der Waals surface area contributed by atoms with E-state index in [0.717, 1.165) is 5.57 Å². The fourth-order valence-corrected chi connectivity index (χ4v) is 7.16. The van der Waals surface area contributed by atoms with Crippen molar-refractivity contribution < 1.29 is 31.1 Å². The Bertz CT molecular complexity index is 1590. The molecule has 0 radical (unpaired) electrons. The average Bonchev–Trinajstić information content (AvgIpc) is 3.69. The van der Waals surface area contributed by atoms with Crippen molar-refractivity contribution in [3.63, 3.8) is 0 Å². The van der Waals surface area contributed by atoms with E-state index in [1.54, 1.807) is 45.9 Å². The molecule has 222 valence electrons. The summed E-state index contributed by atoms with van der Waals surface area (Å²) in [5, 5.41) is 1.38. The summed E-state index contributed by atoms with van der Waals surface area (Å²) in [6, 6.07) is 5.45. The zero-order valence-electron chi connectivity index (χ0n) is 23.5. The smallest absolute Gasteiger partial charge is 0.417 e. The van der Waals surface area contributed by atoms with Crippen LogP contribution < -0.4 is 15.8 Å². The Labute approximate surface area is 242 Å². The minimum absolute atomic E-state index is 0.0690. The van der Waals surface area contributed by atoms with Crippen molar-refractivity contribution in [2.45, 2.75) is 81.7 Å². The molecule has 8 nitrogen and oxygen atoms in total. The molecule has 0 saturated heterocycles. The molecule has 4 rings (SSSR count). The second kappa shape index (κ2) is 10.0. The van der Waals surface area contributed by atoms with Gasteiger partial charge in [-0.05, 0) is 77.8 Å². The summed E-state index contributed by atoms with van der Waals surface area (Å²) in [5.41, 5.74) is 4.58. The van der Waals surface area contributed by atoms with Crippen LogP contribution in [0.15, 0.2) is 47.1 Å². The molecule has 0 spiro atoms. The van der Waals surface area contributed by atoms with E-state index in [1.807, 2.05) is 6.08 Å². The summed E-state index contributed by atoms with van der Waals surface area (Å²) >= 11 is 5.97. The number of benzene rings is 1. The fourth-order valence-electron chi connectivity index (χ4n) is 4.95. The van der Waals surface area contributed by atoms with E-state index >= 15 is 0 Å². The number of amides is 1. The molecule has 0 fully saturated rings. The highest BCUT2D eigenvalue weighted by Crippen LogP contribution is 2.48. The molecule has 0 unspecified atom stereocenters. The number of aliphatic imine (C=N–C) groups is 1. The lowest BCUT2D eigenvalue weighted by atomic mass is 9.87. The first kappa shape index (κ1) is 30.8. The normalized spacial score (nSPS) is 25.0. The largest absolute Gasteiger partial charge is 0.487 e. The lowest BCUT2D eigenvalue weighted by Crippen LogP contribution is -2.51. The Hall–Kier alpha value is -3.12. The van der Waals surface area contributed by atoms with Crippen LogP contribution in [0.5, 0.6) is 5.75 Å². The minimum atomic E-state index is -4.67. The van der Waals surface area contributed by atoms with Gasteiger partial charge in [-0.2, -0.15) is 13.2 Å². The maximum absolute atomic E-state index is 13.6. The number of fused-ring (bicyclic) bond motifs is 1. The number of hydrogen-bond donors (Lipinski definition) is 2. The minimum Gasteiger partial charge on any atom is -0.487 e. The van der Waals surface area contributed by atoms with Gasteiger partial charge in [0.25, 0.3) is 5.91 Å². The van der Waals surface area contributed by atoms with Crippen LogP contribution in [-0.4, -0.2) is 40.7 Å². The molecule has 1 aliphatic carbocycles. The number of amidine groups is 1. The number of nitrogens with zero attached hydrogens (tertiary/aromatic N) is 2. The molecular formula is C28H32ClF3N4O4S. The molecule has 0 bridgehead atoms. The zero-order valence-corrected chi connectivity index (χ0v) is 25.1. The number of nitrogens with one attached hydrogen (secondary N) is 1. The van der Waals surface area contributed by atoms with Gasteiger partial charge in [0.15, 0.2) is 9.84 Å². The third kappa shape index (κ3) is 5.81. The van der Waals surface area contributed by atoms with Crippen molar-refractivity contribution >= 4 is 38.9 Å². The number of aromatic nitrogens is 1. The summed E-state index contributed by atoms with van der Waals surface area (Å²) in [5.74, 6) is -0.478. The predicted octanol–water partition coefficient (Wildman–Crippen LogP) is 6.05. The van der Waals surface area contributed by atoms with E-state index in [-0.39, 0.29) is 23.6 Å². The summed E-state index contributed by atoms with van der Waals surface area (Å²) in [7, 11) is -3.79. The van der Waals surface area contributed by atoms with E-state index in [9.17, 15) is 26.4 Å². The molecule has 2 heterocycles. The molecule has 1 amide bonds. The Morgan fingerprint density at radius 2 is 1.80 bits per heavy atom. The topological polar surface area (TPSA) is 124 Å². The Morgan fingerprint density at radius 3 is 2.37 bits per heavy atom. The van der Waals surface area contributed by atoms with Gasteiger partial charge in [-0.3, -0.25) is 9.79 Å². The van der Waals surface area contributed by atoms with Gasteiger partial charge >= 0.3 is 6.18 Å². The molecule has 13 heteroatoms. The summed E-state index contributed by atoms with van der Waals surface area (Å²) < 4.78 is 71.2. The molecule has 2 aromatic rings. The number of hydrogen-bond acceptors (Lipinski definition) is 7. The molecule has 2 aliphatic rings. The number of carbonyl (C=O) groups excluding carboxylic acids is 1. The fraction of sp³-hybridized carbons (Fsp3) is 0.464. The van der Waals surface area contributed by atoms with Gasteiger partial charge in [0.1, 0.15) is 33.2 Å². The van der Waals surface area contributed by atoms with Crippen molar-refractivity contribution in [1.82, 2.24) is 4.98 Å². The molecule has 0 saturated carbocycles. The maximum atomic E-state index is 13.6. The number of nitrogens with two attached hydrogens (primary N) is 1. The summed E-state index contributed by atoms with van der Waals surface area (Å²) in [6.07, 6.45) is -1.41. The highest BCUT2D eigenvalue weighted by molar-refractivity contribution is 7.94. The lowest BCUT2D eigenvalue weighted by molar-refractivity contribution is -0.137. The number of halogens is 4. The molecular weight excluding hydrogens is 581 g/mol. The molecule has 2 atom stereocenters. The molecule has 41 heavy (non-hydrogen) atoms. The molecule has 1 aromatic carbocycles. The predicted molar refractivity (Wildman–Crippen MR) is 152 cm³/mol. The number of alkyl halides is 3. The van der Waals surface area contributed by atoms with Crippen LogP contribution in [0, 0.1) is 0 Å². The third-order valence-corrected chi connectivity index (χ3v) is 10.7. The molecule has 3 N–H and O–H groups in total. The second-order valence-electron chi connectivity index (χ2n) is 11.7. The van der Waals surface area contributed by atoms with E-state index in [0.29, 0.717) is 30.0 Å². The van der Waals surface area contributed by atoms with Crippen molar-refractivity contribution in [3.05, 3.63) is 64.0 Å². The Balaban J connectivity index is 1.83. The zero-order chi connectivity index (χ0) is 30.8. The van der Waals surface area contributed by atoms with Crippen molar-refractivity contribution in [3.8, 4) is 5.75 Å². The van der Waals surface area contributed by atoms with E-state index < -0.39 is 53.6 Å². The number of ether oxygens (including phenoxy) is 1. The number of sulfone groups is 1. The average molecular weight is 613 g/mol. The number of anilines is 1. The molecule has 1 aliphatic heterocycles. The van der Waals surface area contributed by atoms with Gasteiger partial charge < -0.3 is 15.8 Å². The van der Waals surface area contributed by atoms with Crippen LogP contribution in [0.1, 0.15) is 76.0 Å². The number of rotatable bonds is 3. The summed E-state index contributed by atoms with van der Waals surface area (Å²) in [4.78, 5) is 21.4. The first-order valence-electron chi connectivity index (χ1n) is 12.9. The van der Waals surface area contributed by atoms with Crippen molar-refractivity contribution in [2.24, 2.45) is 10.7 Å². The van der Waals surface area contributed by atoms with Gasteiger partial charge in [0.2, 0.25) is 0 Å². The second-order valence-corrected chi connectivity index (χ2v) is 15.0. The van der Waals surface area contributed by atoms with Gasteiger partial charge in [-0.25, -0.2) is 13.4 Å². The Morgan fingerprint density at radius 1 is 1.17 bits per heavy atom. The van der Waals surface area contributed by atoms with E-state index in [1.165, 1.54) is 13.8 Å². The van der Waals surface area contributed by atoms with Gasteiger partial charge in [0.05, 0.1) is 15.8 Å². The quantitative estimate of drug-likeness (QED) is 0.407. The van der Waals surface area contributed by atoms with Crippen LogP contribution in [0.25, 0.3) is 0 Å². The number of pyridine rings is 1. The van der Waals surface area contributed by atoms with Gasteiger partial charge in [-0.1, -0.05) is 17.7 Å². The Kier molecular flexibility index (Phi) is 7.52. The van der Waals surface area contributed by atoms with Crippen LogP contribution in [0.4, 0.5) is 18.9 Å². The van der Waals surface area contributed by atoms with Crippen LogP contribution >= 0.6 is 11.6 Å². The number of carbonyl (C=O) groups is 1.